The Labute approximate surface area is 108 Å². The third-order valence-corrected chi connectivity index (χ3v) is 8.88. The zero-order chi connectivity index (χ0) is 12.3. The van der Waals surface area contributed by atoms with Crippen molar-refractivity contribution in [2.45, 2.75) is 52.1 Å². The van der Waals surface area contributed by atoms with Gasteiger partial charge in [-0.15, -0.1) is 11.8 Å². The summed E-state index contributed by atoms with van der Waals surface area (Å²) >= 11 is 4.97. The predicted octanol–water partition coefficient (Wildman–Crippen LogP) is 4.47. The number of aliphatic imine (C=N–C) groups is 1. The van der Waals surface area contributed by atoms with Crippen LogP contribution >= 0.6 is 27.7 Å². The van der Waals surface area contributed by atoms with Gasteiger partial charge in [-0.2, -0.15) is 0 Å². The van der Waals surface area contributed by atoms with Gasteiger partial charge in [0.25, 0.3) is 0 Å². The van der Waals surface area contributed by atoms with Gasteiger partial charge in [0, 0.05) is 0 Å². The van der Waals surface area contributed by atoms with Crippen LogP contribution in [0.2, 0.25) is 18.1 Å². The Bertz CT molecular complexity index is 238. The van der Waals surface area contributed by atoms with Crippen molar-refractivity contribution in [3.63, 3.8) is 0 Å². The first-order valence-electron chi connectivity index (χ1n) is 5.05. The van der Waals surface area contributed by atoms with Crippen LogP contribution in [0, 0.1) is 0 Å². The van der Waals surface area contributed by atoms with Gasteiger partial charge in [-0.25, -0.2) is 4.99 Å². The van der Waals surface area contributed by atoms with Crippen LogP contribution in [-0.4, -0.2) is 24.8 Å². The van der Waals surface area contributed by atoms with Crippen molar-refractivity contribution in [2.75, 3.05) is 6.26 Å². The van der Waals surface area contributed by atoms with Crippen molar-refractivity contribution in [3.8, 4) is 0 Å². The number of thioether (sulfide) groups is 1. The average Bonchev–Trinajstić information content (AvgIpc) is 2.00. The van der Waals surface area contributed by atoms with E-state index >= 15 is 0 Å². The Morgan fingerprint density at radius 2 is 1.87 bits per heavy atom. The van der Waals surface area contributed by atoms with Crippen molar-refractivity contribution in [1.29, 1.82) is 0 Å². The molecule has 0 amide bonds. The molecule has 0 aliphatic rings. The standard InChI is InChI=1S/C10H22BrNOSSi/c1-8(12-9(11)14-5)13-15(6,7)10(2,3)4/h8H,1-7H3. The summed E-state index contributed by atoms with van der Waals surface area (Å²) in [6, 6.07) is 0. The van der Waals surface area contributed by atoms with Crippen LogP contribution in [0.1, 0.15) is 27.7 Å². The van der Waals surface area contributed by atoms with Gasteiger partial charge in [0.2, 0.25) is 0 Å². The van der Waals surface area contributed by atoms with Crippen molar-refractivity contribution in [3.05, 3.63) is 0 Å². The summed E-state index contributed by atoms with van der Waals surface area (Å²) in [7, 11) is -1.68. The summed E-state index contributed by atoms with van der Waals surface area (Å²) < 4.78 is 6.98. The minimum atomic E-state index is -1.68. The molecule has 0 spiro atoms. The maximum atomic E-state index is 6.08. The minimum absolute atomic E-state index is 0.0623. The first-order chi connectivity index (χ1) is 6.60. The van der Waals surface area contributed by atoms with Crippen LogP contribution in [0.25, 0.3) is 0 Å². The van der Waals surface area contributed by atoms with Crippen molar-refractivity contribution >= 4 is 40.0 Å². The number of halogens is 1. The lowest BCUT2D eigenvalue weighted by Gasteiger charge is -2.37. The fraction of sp³-hybridized carbons (Fsp3) is 0.900. The molecule has 0 aromatic heterocycles. The van der Waals surface area contributed by atoms with Gasteiger partial charge in [0.05, 0.1) is 0 Å². The Hall–Kier alpha value is 0.677. The molecule has 0 aromatic rings. The molecule has 15 heavy (non-hydrogen) atoms. The molecule has 1 atom stereocenters. The van der Waals surface area contributed by atoms with E-state index in [1.807, 2.05) is 13.2 Å². The van der Waals surface area contributed by atoms with E-state index in [4.69, 9.17) is 4.43 Å². The fourth-order valence-electron chi connectivity index (χ4n) is 0.825. The lowest BCUT2D eigenvalue weighted by Crippen LogP contribution is -2.43. The van der Waals surface area contributed by atoms with E-state index in [1.165, 1.54) is 0 Å². The third-order valence-electron chi connectivity index (χ3n) is 2.72. The second-order valence-electron chi connectivity index (χ2n) is 5.06. The third kappa shape index (κ3) is 5.52. The van der Waals surface area contributed by atoms with E-state index in [-0.39, 0.29) is 11.3 Å². The molecule has 0 saturated heterocycles. The molecule has 0 aromatic carbocycles. The molecule has 0 bridgehead atoms. The number of rotatable bonds is 3. The number of hydrogen-bond acceptors (Lipinski definition) is 3. The summed E-state index contributed by atoms with van der Waals surface area (Å²) in [4.78, 5) is 4.40. The first kappa shape index (κ1) is 15.7. The van der Waals surface area contributed by atoms with Gasteiger partial charge in [0.15, 0.2) is 8.32 Å². The highest BCUT2D eigenvalue weighted by atomic mass is 79.9. The zero-order valence-corrected chi connectivity index (χ0v) is 14.1. The van der Waals surface area contributed by atoms with Gasteiger partial charge < -0.3 is 4.43 Å². The lowest BCUT2D eigenvalue weighted by molar-refractivity contribution is 0.209. The Kier molecular flexibility index (Phi) is 6.11. The molecule has 0 heterocycles. The van der Waals surface area contributed by atoms with Crippen molar-refractivity contribution in [2.24, 2.45) is 4.99 Å². The summed E-state index contributed by atoms with van der Waals surface area (Å²) in [5.41, 5.74) is 0. The molecular weight excluding hydrogens is 290 g/mol. The molecule has 0 fully saturated rings. The van der Waals surface area contributed by atoms with Gasteiger partial charge >= 0.3 is 0 Å². The first-order valence-corrected chi connectivity index (χ1v) is 9.98. The monoisotopic (exact) mass is 311 g/mol. The maximum absolute atomic E-state index is 6.08. The maximum Gasteiger partial charge on any atom is 0.194 e. The summed E-state index contributed by atoms with van der Waals surface area (Å²) in [5, 5.41) is 0.239. The molecule has 0 saturated carbocycles. The van der Waals surface area contributed by atoms with E-state index in [2.05, 4.69) is 54.8 Å². The molecule has 2 nitrogen and oxygen atoms in total. The average molecular weight is 312 g/mol. The number of nitrogens with zero attached hydrogens (tertiary/aromatic N) is 1. The Morgan fingerprint density at radius 1 is 1.40 bits per heavy atom. The number of hydrogen-bond donors (Lipinski definition) is 0. The Balaban J connectivity index is 4.48. The summed E-state index contributed by atoms with van der Waals surface area (Å²) in [6.45, 7) is 13.2. The van der Waals surface area contributed by atoms with E-state index in [0.717, 1.165) is 3.95 Å². The summed E-state index contributed by atoms with van der Waals surface area (Å²) in [6.07, 6.45) is 1.93. The van der Waals surface area contributed by atoms with E-state index < -0.39 is 8.32 Å². The Morgan fingerprint density at radius 3 is 2.20 bits per heavy atom. The molecule has 0 rings (SSSR count). The van der Waals surface area contributed by atoms with Crippen LogP contribution < -0.4 is 0 Å². The molecule has 0 aliphatic heterocycles. The predicted molar refractivity (Wildman–Crippen MR) is 77.6 cm³/mol. The van der Waals surface area contributed by atoms with E-state index in [0.29, 0.717) is 0 Å². The van der Waals surface area contributed by atoms with E-state index in [9.17, 15) is 0 Å². The smallest absolute Gasteiger partial charge is 0.194 e. The fourth-order valence-corrected chi connectivity index (χ4v) is 2.63. The van der Waals surface area contributed by atoms with Gasteiger partial charge in [-0.05, 0) is 47.2 Å². The zero-order valence-electron chi connectivity index (χ0n) is 10.7. The van der Waals surface area contributed by atoms with Gasteiger partial charge in [-0.1, -0.05) is 20.8 Å². The second kappa shape index (κ2) is 5.84. The van der Waals surface area contributed by atoms with Crippen LogP contribution in [0.15, 0.2) is 4.99 Å². The molecular formula is C10H22BrNOSSi. The van der Waals surface area contributed by atoms with Crippen LogP contribution in [0.5, 0.6) is 0 Å². The molecule has 90 valence electrons. The van der Waals surface area contributed by atoms with Crippen molar-refractivity contribution < 1.29 is 4.43 Å². The van der Waals surface area contributed by atoms with Gasteiger partial charge in [-0.3, -0.25) is 0 Å². The molecule has 0 N–H and O–H groups in total. The summed E-state index contributed by atoms with van der Waals surface area (Å²) in [5.74, 6) is 0. The van der Waals surface area contributed by atoms with Crippen molar-refractivity contribution in [1.82, 2.24) is 0 Å². The molecule has 0 radical (unpaired) electrons. The topological polar surface area (TPSA) is 21.6 Å². The van der Waals surface area contributed by atoms with Gasteiger partial charge in [0.1, 0.15) is 10.2 Å². The van der Waals surface area contributed by atoms with Crippen LogP contribution in [0.3, 0.4) is 0 Å². The second-order valence-corrected chi connectivity index (χ2v) is 11.9. The highest BCUT2D eigenvalue weighted by Crippen LogP contribution is 2.37. The van der Waals surface area contributed by atoms with E-state index in [1.54, 1.807) is 11.8 Å². The minimum Gasteiger partial charge on any atom is -0.396 e. The quantitative estimate of drug-likeness (QED) is 0.436. The van der Waals surface area contributed by atoms with Crippen LogP contribution in [0.4, 0.5) is 0 Å². The molecule has 1 unspecified atom stereocenters. The highest BCUT2D eigenvalue weighted by molar-refractivity contribution is 9.22. The highest BCUT2D eigenvalue weighted by Gasteiger charge is 2.38. The largest absolute Gasteiger partial charge is 0.396 e. The normalized spacial score (nSPS) is 16.7. The van der Waals surface area contributed by atoms with Crippen LogP contribution in [-0.2, 0) is 4.43 Å². The SMILES string of the molecule is CSC(Br)=NC(C)O[Si](C)(C)C(C)(C)C. The lowest BCUT2D eigenvalue weighted by atomic mass is 10.2. The molecule has 0 aliphatic carbocycles. The molecule has 5 heteroatoms.